The third kappa shape index (κ3) is 4.92. The number of nitrogens with one attached hydrogen (secondary N) is 1. The molecule has 1 unspecified atom stereocenters. The van der Waals surface area contributed by atoms with Gasteiger partial charge in [-0.05, 0) is 18.4 Å². The molecule has 2 heterocycles. The number of carbonyl (C=O) groups is 1. The zero-order valence-electron chi connectivity index (χ0n) is 15.2. The molecule has 1 fully saturated rings. The van der Waals surface area contributed by atoms with E-state index in [4.69, 9.17) is 5.14 Å². The van der Waals surface area contributed by atoms with Crippen molar-refractivity contribution >= 4 is 21.6 Å². The molecule has 30 heavy (non-hydrogen) atoms. The van der Waals surface area contributed by atoms with Crippen molar-refractivity contribution in [2.45, 2.75) is 42.9 Å². The zero-order valence-corrected chi connectivity index (χ0v) is 16.0. The van der Waals surface area contributed by atoms with Gasteiger partial charge in [-0.25, -0.2) is 27.3 Å². The summed E-state index contributed by atoms with van der Waals surface area (Å²) in [4.78, 5) is 16.1. The Labute approximate surface area is 167 Å². The first-order valence-electron chi connectivity index (χ1n) is 8.57. The molecular weight excluding hydrogens is 437 g/mol. The predicted octanol–water partition coefficient (Wildman–Crippen LogP) is 2.63. The number of primary sulfonamides is 1. The quantitative estimate of drug-likeness (QED) is 0.675. The number of nitrogens with zero attached hydrogens (tertiary/aromatic N) is 3. The van der Waals surface area contributed by atoms with Gasteiger partial charge in [0.05, 0.1) is 6.20 Å². The van der Waals surface area contributed by atoms with Crippen molar-refractivity contribution in [2.24, 2.45) is 11.1 Å². The lowest BCUT2D eigenvalue weighted by Crippen LogP contribution is -2.24. The lowest BCUT2D eigenvalue weighted by molar-refractivity contribution is -0.138. The highest BCUT2D eigenvalue weighted by Gasteiger charge is 2.42. The van der Waals surface area contributed by atoms with E-state index in [1.807, 2.05) is 0 Å². The van der Waals surface area contributed by atoms with E-state index in [0.717, 1.165) is 23.0 Å². The Balaban J connectivity index is 1.91. The summed E-state index contributed by atoms with van der Waals surface area (Å²) in [5.74, 6) is -4.80. The number of aromatic nitrogens is 3. The smallest absolute Gasteiger partial charge is 0.320 e. The van der Waals surface area contributed by atoms with Gasteiger partial charge in [0.15, 0.2) is 5.03 Å². The number of nitrogens with two attached hydrogens (primary N) is 1. The topological polar surface area (TPSA) is 120 Å². The highest BCUT2D eigenvalue weighted by molar-refractivity contribution is 7.89. The van der Waals surface area contributed by atoms with Crippen LogP contribution in [0.15, 0.2) is 29.6 Å². The van der Waals surface area contributed by atoms with Crippen LogP contribution in [0.2, 0.25) is 0 Å². The summed E-state index contributed by atoms with van der Waals surface area (Å²) in [5, 5.41) is 10.1. The average Bonchev–Trinajstić information content (AvgIpc) is 3.17. The van der Waals surface area contributed by atoms with Gasteiger partial charge in [0, 0.05) is 37.3 Å². The first kappa shape index (κ1) is 22.1. The van der Waals surface area contributed by atoms with Gasteiger partial charge in [-0.1, -0.05) is 0 Å². The lowest BCUT2D eigenvalue weighted by Gasteiger charge is -2.15. The van der Waals surface area contributed by atoms with Crippen LogP contribution >= 0.6 is 0 Å². The first-order valence-corrected chi connectivity index (χ1v) is 10.1. The van der Waals surface area contributed by atoms with Gasteiger partial charge in [-0.2, -0.15) is 18.3 Å². The molecule has 2 aromatic rings. The van der Waals surface area contributed by atoms with E-state index >= 15 is 0 Å². The molecule has 2 aromatic heterocycles. The number of hydrogen-bond donors (Lipinski definition) is 2. The number of halogens is 5. The summed E-state index contributed by atoms with van der Waals surface area (Å²) < 4.78 is 90.4. The number of rotatable bonds is 5. The molecule has 0 saturated heterocycles. The van der Waals surface area contributed by atoms with Crippen LogP contribution in [0.4, 0.5) is 27.6 Å². The Hall–Kier alpha value is -2.61. The van der Waals surface area contributed by atoms with Crippen LogP contribution in [0.3, 0.4) is 0 Å². The third-order valence-corrected chi connectivity index (χ3v) is 5.39. The molecule has 1 atom stereocenters. The molecule has 14 heteroatoms. The highest BCUT2D eigenvalue weighted by Crippen LogP contribution is 2.40. The molecule has 1 aliphatic carbocycles. The van der Waals surface area contributed by atoms with Crippen LogP contribution in [0.1, 0.15) is 35.3 Å². The summed E-state index contributed by atoms with van der Waals surface area (Å²) in [7, 11) is -4.21. The van der Waals surface area contributed by atoms with E-state index in [0.29, 0.717) is 6.20 Å². The fraction of sp³-hybridized carbons (Fsp3) is 0.438. The average molecular weight is 453 g/mol. The van der Waals surface area contributed by atoms with Crippen LogP contribution in [0.5, 0.6) is 0 Å². The number of alkyl halides is 5. The van der Waals surface area contributed by atoms with Crippen LogP contribution < -0.4 is 10.5 Å². The van der Waals surface area contributed by atoms with Crippen molar-refractivity contribution in [1.29, 1.82) is 0 Å². The molecular formula is C16H16F5N5O3S. The number of hydrogen-bond acceptors (Lipinski definition) is 5. The number of sulfonamides is 1. The highest BCUT2D eigenvalue weighted by atomic mass is 32.2. The summed E-state index contributed by atoms with van der Waals surface area (Å²) >= 11 is 0. The second kappa shape index (κ2) is 7.58. The Morgan fingerprint density at radius 3 is 2.63 bits per heavy atom. The van der Waals surface area contributed by atoms with Gasteiger partial charge in [0.25, 0.3) is 15.9 Å². The van der Waals surface area contributed by atoms with E-state index in [9.17, 15) is 35.2 Å². The minimum atomic E-state index is -4.92. The molecule has 0 radical (unpaired) electrons. The third-order valence-electron chi connectivity index (χ3n) is 4.58. The number of anilines is 1. The van der Waals surface area contributed by atoms with E-state index in [-0.39, 0.29) is 25.1 Å². The Bertz CT molecular complexity index is 1070. The molecule has 0 spiro atoms. The minimum absolute atomic E-state index is 0.0807. The molecule has 1 amide bonds. The molecule has 0 aliphatic heterocycles. The van der Waals surface area contributed by atoms with E-state index in [2.05, 4.69) is 15.4 Å². The molecule has 8 nitrogen and oxygen atoms in total. The first-order chi connectivity index (χ1) is 13.8. The van der Waals surface area contributed by atoms with Gasteiger partial charge in [0.2, 0.25) is 5.92 Å². The second-order valence-corrected chi connectivity index (χ2v) is 8.44. The Morgan fingerprint density at radius 1 is 1.37 bits per heavy atom. The van der Waals surface area contributed by atoms with E-state index in [1.165, 1.54) is 0 Å². The van der Waals surface area contributed by atoms with E-state index < -0.39 is 56.7 Å². The van der Waals surface area contributed by atoms with Crippen molar-refractivity contribution in [3.63, 3.8) is 0 Å². The van der Waals surface area contributed by atoms with Gasteiger partial charge in [-0.3, -0.25) is 9.48 Å². The number of pyridine rings is 1. The largest absolute Gasteiger partial charge is 0.420 e. The molecule has 3 N–H and O–H groups in total. The SMILES string of the molecule is NS(=O)(=O)c1cc(NC(=O)c2c(C(F)(F)F)cnn2CC2CCC(F)(F)C2)ccn1. The maximum atomic E-state index is 13.4. The number of amides is 1. The fourth-order valence-corrected chi connectivity index (χ4v) is 3.75. The van der Waals surface area contributed by atoms with Gasteiger partial charge < -0.3 is 5.32 Å². The van der Waals surface area contributed by atoms with Gasteiger partial charge in [-0.15, -0.1) is 0 Å². The Morgan fingerprint density at radius 2 is 2.07 bits per heavy atom. The van der Waals surface area contributed by atoms with Crippen molar-refractivity contribution in [1.82, 2.24) is 14.8 Å². The summed E-state index contributed by atoms with van der Waals surface area (Å²) in [5.41, 5.74) is -2.38. The number of carbonyl (C=O) groups excluding carboxylic acids is 1. The van der Waals surface area contributed by atoms with Gasteiger partial charge in [0.1, 0.15) is 11.3 Å². The Kier molecular flexibility index (Phi) is 5.58. The van der Waals surface area contributed by atoms with Crippen molar-refractivity contribution in [2.75, 3.05) is 5.32 Å². The normalized spacial score (nSPS) is 19.1. The predicted molar refractivity (Wildman–Crippen MR) is 93.1 cm³/mol. The van der Waals surface area contributed by atoms with Crippen molar-refractivity contribution < 1.29 is 35.2 Å². The van der Waals surface area contributed by atoms with E-state index in [1.54, 1.807) is 0 Å². The van der Waals surface area contributed by atoms with Crippen LogP contribution in [-0.2, 0) is 22.7 Å². The molecule has 164 valence electrons. The van der Waals surface area contributed by atoms with Crippen LogP contribution in [0, 0.1) is 5.92 Å². The second-order valence-electron chi connectivity index (χ2n) is 6.93. The molecule has 1 saturated carbocycles. The van der Waals surface area contributed by atoms with Crippen molar-refractivity contribution in [3.8, 4) is 0 Å². The minimum Gasteiger partial charge on any atom is -0.320 e. The standard InChI is InChI=1S/C16H16F5N5O3S/c17-15(18)3-1-9(6-15)8-26-13(11(7-24-26)16(19,20)21)14(27)25-10-2-4-23-12(5-10)30(22,28)29/h2,4-5,7,9H,1,3,6,8H2,(H2,22,28,29)(H,23,25,27). The van der Waals surface area contributed by atoms with Crippen molar-refractivity contribution in [3.05, 3.63) is 35.8 Å². The maximum absolute atomic E-state index is 13.4. The lowest BCUT2D eigenvalue weighted by atomic mass is 10.1. The molecule has 0 bridgehead atoms. The van der Waals surface area contributed by atoms with Crippen LogP contribution in [-0.4, -0.2) is 35.0 Å². The fourth-order valence-electron chi connectivity index (χ4n) is 3.25. The molecule has 3 rings (SSSR count). The molecule has 0 aromatic carbocycles. The van der Waals surface area contributed by atoms with Gasteiger partial charge >= 0.3 is 6.18 Å². The van der Waals surface area contributed by atoms with Crippen LogP contribution in [0.25, 0.3) is 0 Å². The monoisotopic (exact) mass is 453 g/mol. The molecule has 1 aliphatic rings. The maximum Gasteiger partial charge on any atom is 0.420 e. The summed E-state index contributed by atoms with van der Waals surface area (Å²) in [6.45, 7) is -0.298. The summed E-state index contributed by atoms with van der Waals surface area (Å²) in [6, 6.07) is 2.02. The zero-order chi connectivity index (χ0) is 22.3. The summed E-state index contributed by atoms with van der Waals surface area (Å²) in [6.07, 6.45) is -4.30.